The van der Waals surface area contributed by atoms with Gasteiger partial charge in [-0.2, -0.15) is 0 Å². The Bertz CT molecular complexity index is 734. The van der Waals surface area contributed by atoms with E-state index in [4.69, 9.17) is 0 Å². The normalized spacial score (nSPS) is 10.2. The average molecular weight is 393 g/mol. The number of nitrogens with one attached hydrogen (secondary N) is 2. The molecule has 0 aliphatic rings. The Kier molecular flexibility index (Phi) is 6.24. The third-order valence-corrected chi connectivity index (χ3v) is 4.96. The number of carbonyl (C=O) groups is 2. The first kappa shape index (κ1) is 17.6. The maximum Gasteiger partial charge on any atom is 0.234 e. The largest absolute Gasteiger partial charge is 0.325 e. The minimum absolute atomic E-state index is 0.0886. The van der Waals surface area contributed by atoms with E-state index in [0.29, 0.717) is 0 Å². The van der Waals surface area contributed by atoms with E-state index in [2.05, 4.69) is 26.6 Å². The highest BCUT2D eigenvalue weighted by Gasteiger charge is 2.08. The monoisotopic (exact) mass is 392 g/mol. The summed E-state index contributed by atoms with van der Waals surface area (Å²) in [6, 6.07) is 13.1. The maximum atomic E-state index is 12.1. The number of halogens is 1. The fourth-order valence-corrected chi connectivity index (χ4v) is 3.00. The molecule has 4 nitrogen and oxygen atoms in total. The molecule has 0 bridgehead atoms. The summed E-state index contributed by atoms with van der Waals surface area (Å²) in [7, 11) is 0. The molecule has 0 aliphatic heterocycles. The second-order valence-electron chi connectivity index (χ2n) is 4.98. The molecular weight excluding hydrogens is 376 g/mol. The third kappa shape index (κ3) is 5.41. The summed E-state index contributed by atoms with van der Waals surface area (Å²) in [6.07, 6.45) is 0. The van der Waals surface area contributed by atoms with Gasteiger partial charge in [0.05, 0.1) is 11.4 Å². The van der Waals surface area contributed by atoms with Crippen molar-refractivity contribution in [2.45, 2.75) is 18.7 Å². The third-order valence-electron chi connectivity index (χ3n) is 3.00. The van der Waals surface area contributed by atoms with Crippen molar-refractivity contribution in [1.29, 1.82) is 0 Å². The van der Waals surface area contributed by atoms with Crippen LogP contribution in [0.25, 0.3) is 0 Å². The van der Waals surface area contributed by atoms with Crippen LogP contribution in [0.15, 0.2) is 51.8 Å². The van der Waals surface area contributed by atoms with E-state index in [0.717, 1.165) is 26.3 Å². The summed E-state index contributed by atoms with van der Waals surface area (Å²) >= 11 is 4.82. The summed E-state index contributed by atoms with van der Waals surface area (Å²) < 4.78 is 1.01. The molecule has 0 aliphatic carbocycles. The molecule has 120 valence electrons. The molecule has 2 rings (SSSR count). The Morgan fingerprint density at radius 2 is 1.87 bits per heavy atom. The minimum atomic E-state index is -0.132. The van der Waals surface area contributed by atoms with Crippen molar-refractivity contribution in [3.63, 3.8) is 0 Å². The molecule has 2 aromatic rings. The van der Waals surface area contributed by atoms with Crippen LogP contribution in [0.2, 0.25) is 0 Å². The van der Waals surface area contributed by atoms with Gasteiger partial charge in [0, 0.05) is 22.0 Å². The minimum Gasteiger partial charge on any atom is -0.325 e. The van der Waals surface area contributed by atoms with E-state index in [1.54, 1.807) is 0 Å². The number of para-hydroxylation sites is 1. The van der Waals surface area contributed by atoms with Crippen LogP contribution < -0.4 is 10.6 Å². The maximum absolute atomic E-state index is 12.1. The van der Waals surface area contributed by atoms with Crippen molar-refractivity contribution >= 4 is 50.9 Å². The SMILES string of the molecule is CC(=O)Nc1ccccc1SCC(=O)Nc1ccc(Br)c(C)c1. The van der Waals surface area contributed by atoms with Gasteiger partial charge in [-0.3, -0.25) is 9.59 Å². The van der Waals surface area contributed by atoms with Crippen LogP contribution in [0, 0.1) is 6.92 Å². The van der Waals surface area contributed by atoms with Crippen molar-refractivity contribution in [1.82, 2.24) is 0 Å². The lowest BCUT2D eigenvalue weighted by Gasteiger charge is -2.10. The molecule has 0 unspecified atom stereocenters. The fourth-order valence-electron chi connectivity index (χ4n) is 1.95. The van der Waals surface area contributed by atoms with E-state index in [1.807, 2.05) is 49.4 Å². The number of benzene rings is 2. The first-order valence-corrected chi connectivity index (χ1v) is 8.79. The molecule has 2 N–H and O–H groups in total. The molecule has 0 saturated carbocycles. The van der Waals surface area contributed by atoms with Crippen LogP contribution in [-0.4, -0.2) is 17.6 Å². The summed E-state index contributed by atoms with van der Waals surface area (Å²) in [4.78, 5) is 24.2. The Labute approximate surface area is 148 Å². The molecule has 0 fully saturated rings. The fraction of sp³-hybridized carbons (Fsp3) is 0.176. The van der Waals surface area contributed by atoms with Gasteiger partial charge in [-0.05, 0) is 42.8 Å². The Morgan fingerprint density at radius 3 is 2.57 bits per heavy atom. The first-order valence-electron chi connectivity index (χ1n) is 7.01. The molecule has 0 radical (unpaired) electrons. The van der Waals surface area contributed by atoms with Crippen molar-refractivity contribution < 1.29 is 9.59 Å². The van der Waals surface area contributed by atoms with Gasteiger partial charge in [0.15, 0.2) is 0 Å². The van der Waals surface area contributed by atoms with Crippen LogP contribution in [0.4, 0.5) is 11.4 Å². The van der Waals surface area contributed by atoms with Crippen molar-refractivity contribution in [2.75, 3.05) is 16.4 Å². The van der Waals surface area contributed by atoms with Crippen molar-refractivity contribution in [2.24, 2.45) is 0 Å². The van der Waals surface area contributed by atoms with E-state index in [9.17, 15) is 9.59 Å². The summed E-state index contributed by atoms with van der Waals surface area (Å²) in [5, 5.41) is 5.64. The van der Waals surface area contributed by atoms with Gasteiger partial charge in [-0.1, -0.05) is 28.1 Å². The molecule has 23 heavy (non-hydrogen) atoms. The zero-order valence-electron chi connectivity index (χ0n) is 12.9. The standard InChI is InChI=1S/C17H17BrN2O2S/c1-11-9-13(7-8-14(11)18)20-17(22)10-23-16-6-4-3-5-15(16)19-12(2)21/h3-9H,10H2,1-2H3,(H,19,21)(H,20,22). The van der Waals surface area contributed by atoms with Crippen LogP contribution in [0.5, 0.6) is 0 Å². The quantitative estimate of drug-likeness (QED) is 0.739. The average Bonchev–Trinajstić information content (AvgIpc) is 2.49. The molecule has 0 atom stereocenters. The zero-order chi connectivity index (χ0) is 16.8. The van der Waals surface area contributed by atoms with E-state index in [-0.39, 0.29) is 17.6 Å². The number of aryl methyl sites for hydroxylation is 1. The number of rotatable bonds is 5. The van der Waals surface area contributed by atoms with Gasteiger partial charge in [-0.25, -0.2) is 0 Å². The molecule has 0 spiro atoms. The predicted molar refractivity (Wildman–Crippen MR) is 99.0 cm³/mol. The molecule has 0 saturated heterocycles. The summed E-state index contributed by atoms with van der Waals surface area (Å²) in [5.41, 5.74) is 2.55. The Morgan fingerprint density at radius 1 is 1.13 bits per heavy atom. The van der Waals surface area contributed by atoms with Gasteiger partial charge in [-0.15, -0.1) is 11.8 Å². The smallest absolute Gasteiger partial charge is 0.234 e. The van der Waals surface area contributed by atoms with Crippen LogP contribution in [0.1, 0.15) is 12.5 Å². The number of anilines is 2. The number of hydrogen-bond donors (Lipinski definition) is 2. The van der Waals surface area contributed by atoms with Crippen LogP contribution >= 0.6 is 27.7 Å². The zero-order valence-corrected chi connectivity index (χ0v) is 15.3. The second kappa shape index (κ2) is 8.17. The summed E-state index contributed by atoms with van der Waals surface area (Å²) in [6.45, 7) is 3.43. The number of hydrogen-bond acceptors (Lipinski definition) is 3. The van der Waals surface area contributed by atoms with Gasteiger partial charge < -0.3 is 10.6 Å². The molecule has 0 heterocycles. The second-order valence-corrected chi connectivity index (χ2v) is 6.85. The number of carbonyl (C=O) groups excluding carboxylic acids is 2. The van der Waals surface area contributed by atoms with Gasteiger partial charge >= 0.3 is 0 Å². The number of thioether (sulfide) groups is 1. The van der Waals surface area contributed by atoms with Gasteiger partial charge in [0.25, 0.3) is 0 Å². The van der Waals surface area contributed by atoms with Crippen molar-refractivity contribution in [3.05, 3.63) is 52.5 Å². The highest BCUT2D eigenvalue weighted by Crippen LogP contribution is 2.27. The Hall–Kier alpha value is -1.79. The highest BCUT2D eigenvalue weighted by molar-refractivity contribution is 9.10. The van der Waals surface area contributed by atoms with Crippen molar-refractivity contribution in [3.8, 4) is 0 Å². The summed E-state index contributed by atoms with van der Waals surface area (Å²) in [5.74, 6) is 0.0494. The number of amides is 2. The highest BCUT2D eigenvalue weighted by atomic mass is 79.9. The van der Waals surface area contributed by atoms with Gasteiger partial charge in [0.1, 0.15) is 0 Å². The van der Waals surface area contributed by atoms with Gasteiger partial charge in [0.2, 0.25) is 11.8 Å². The predicted octanol–water partition coefficient (Wildman–Crippen LogP) is 4.45. The lowest BCUT2D eigenvalue weighted by Crippen LogP contribution is -2.14. The lowest BCUT2D eigenvalue weighted by atomic mass is 10.2. The Balaban J connectivity index is 1.96. The lowest BCUT2D eigenvalue weighted by molar-refractivity contribution is -0.114. The van der Waals surface area contributed by atoms with E-state index < -0.39 is 0 Å². The molecule has 6 heteroatoms. The van der Waals surface area contributed by atoms with E-state index >= 15 is 0 Å². The van der Waals surface area contributed by atoms with E-state index in [1.165, 1.54) is 18.7 Å². The van der Waals surface area contributed by atoms with Crippen LogP contribution in [-0.2, 0) is 9.59 Å². The molecule has 0 aromatic heterocycles. The molecule has 2 aromatic carbocycles. The topological polar surface area (TPSA) is 58.2 Å². The molecular formula is C17H17BrN2O2S. The first-order chi connectivity index (χ1) is 11.0. The molecule has 2 amide bonds. The van der Waals surface area contributed by atoms with Crippen LogP contribution in [0.3, 0.4) is 0 Å².